The fourth-order valence-corrected chi connectivity index (χ4v) is 1.01. The molecule has 0 spiro atoms. The molecule has 0 bridgehead atoms. The summed E-state index contributed by atoms with van der Waals surface area (Å²) in [4.78, 5) is 3.08. The zero-order chi connectivity index (χ0) is 13.2. The molecule has 1 aromatic heterocycles. The van der Waals surface area contributed by atoms with E-state index in [1.54, 1.807) is 0 Å². The van der Waals surface area contributed by atoms with E-state index in [0.29, 0.717) is 6.07 Å². The van der Waals surface area contributed by atoms with Crippen molar-refractivity contribution >= 4 is 5.82 Å². The Hall–Kier alpha value is -1.80. The van der Waals surface area contributed by atoms with E-state index in [-0.39, 0.29) is 0 Å². The predicted octanol–water partition coefficient (Wildman–Crippen LogP) is 2.51. The average molecular weight is 258 g/mol. The van der Waals surface area contributed by atoms with Gasteiger partial charge < -0.3 is 15.2 Å². The third-order valence-corrected chi connectivity index (χ3v) is 1.68. The summed E-state index contributed by atoms with van der Waals surface area (Å²) in [6.45, 7) is 0. The lowest BCUT2D eigenvalue weighted by Gasteiger charge is -2.13. The summed E-state index contributed by atoms with van der Waals surface area (Å²) in [7, 11) is 0.992. The van der Waals surface area contributed by atoms with Crippen LogP contribution in [-0.4, -0.2) is 18.5 Å². The quantitative estimate of drug-likeness (QED) is 0.846. The maximum Gasteiger partial charge on any atom is 0.574 e. The molecule has 0 aliphatic carbocycles. The Labute approximate surface area is 92.1 Å². The van der Waals surface area contributed by atoms with Gasteiger partial charge in [0.05, 0.1) is 12.7 Å². The number of halogens is 5. The molecular formula is C8H7F5N2O2. The Balaban J connectivity index is 3.19. The molecule has 2 N–H and O–H groups in total. The molecule has 0 saturated carbocycles. The second-order valence-electron chi connectivity index (χ2n) is 2.82. The van der Waals surface area contributed by atoms with Crippen LogP contribution >= 0.6 is 0 Å². The van der Waals surface area contributed by atoms with Gasteiger partial charge in [0.15, 0.2) is 5.75 Å². The summed E-state index contributed by atoms with van der Waals surface area (Å²) in [6.07, 6.45) is -7.99. The number of hydrogen-bond donors (Lipinski definition) is 1. The fourth-order valence-electron chi connectivity index (χ4n) is 1.01. The first-order chi connectivity index (χ1) is 7.74. The highest BCUT2D eigenvalue weighted by molar-refractivity contribution is 5.49. The van der Waals surface area contributed by atoms with Gasteiger partial charge in [0.25, 0.3) is 12.3 Å². The van der Waals surface area contributed by atoms with E-state index in [0.717, 1.165) is 7.11 Å². The number of rotatable bonds is 3. The first-order valence-corrected chi connectivity index (χ1v) is 4.13. The van der Waals surface area contributed by atoms with Crippen LogP contribution in [0.3, 0.4) is 0 Å². The molecule has 0 fully saturated rings. The molecular weight excluding hydrogens is 251 g/mol. The number of pyridine rings is 1. The molecule has 1 aromatic rings. The van der Waals surface area contributed by atoms with Gasteiger partial charge in [-0.25, -0.2) is 8.78 Å². The topological polar surface area (TPSA) is 57.4 Å². The number of nitrogens with two attached hydrogens (primary N) is 1. The first kappa shape index (κ1) is 13.3. The largest absolute Gasteiger partial charge is 0.574 e. The SMILES string of the molecule is COc1cc(C(F)F)c(N)nc1OC(F)(F)F. The van der Waals surface area contributed by atoms with Crippen LogP contribution in [0.25, 0.3) is 0 Å². The Morgan fingerprint density at radius 3 is 2.35 bits per heavy atom. The van der Waals surface area contributed by atoms with Gasteiger partial charge in [0, 0.05) is 0 Å². The molecule has 0 aliphatic heterocycles. The van der Waals surface area contributed by atoms with Crippen molar-refractivity contribution in [2.24, 2.45) is 0 Å². The van der Waals surface area contributed by atoms with Crippen molar-refractivity contribution in [1.82, 2.24) is 4.98 Å². The Morgan fingerprint density at radius 2 is 1.94 bits per heavy atom. The summed E-state index contributed by atoms with van der Waals surface area (Å²) in [5.74, 6) is -2.34. The van der Waals surface area contributed by atoms with Gasteiger partial charge in [0.1, 0.15) is 5.82 Å². The average Bonchev–Trinajstić information content (AvgIpc) is 2.14. The Kier molecular flexibility index (Phi) is 3.59. The number of methoxy groups -OCH3 is 1. The second-order valence-corrected chi connectivity index (χ2v) is 2.82. The summed E-state index contributed by atoms with van der Waals surface area (Å²) in [6, 6.07) is 0.647. The van der Waals surface area contributed by atoms with Gasteiger partial charge in [-0.2, -0.15) is 4.98 Å². The molecule has 1 heterocycles. The van der Waals surface area contributed by atoms with Crippen LogP contribution in [0, 0.1) is 0 Å². The van der Waals surface area contributed by atoms with Crippen LogP contribution in [0.15, 0.2) is 6.07 Å². The number of hydrogen-bond acceptors (Lipinski definition) is 4. The number of anilines is 1. The molecule has 4 nitrogen and oxygen atoms in total. The zero-order valence-corrected chi connectivity index (χ0v) is 8.39. The van der Waals surface area contributed by atoms with Gasteiger partial charge >= 0.3 is 6.36 Å². The molecule has 1 rings (SSSR count). The number of nitrogens with zero attached hydrogens (tertiary/aromatic N) is 1. The lowest BCUT2D eigenvalue weighted by molar-refractivity contribution is -0.276. The molecule has 17 heavy (non-hydrogen) atoms. The van der Waals surface area contributed by atoms with Crippen molar-refractivity contribution < 1.29 is 31.4 Å². The highest BCUT2D eigenvalue weighted by Crippen LogP contribution is 2.35. The van der Waals surface area contributed by atoms with Gasteiger partial charge in [-0.3, -0.25) is 0 Å². The van der Waals surface area contributed by atoms with Crippen LogP contribution in [0.4, 0.5) is 27.8 Å². The smallest absolute Gasteiger partial charge is 0.491 e. The molecule has 0 unspecified atom stereocenters. The monoisotopic (exact) mass is 258 g/mol. The number of ether oxygens (including phenoxy) is 2. The van der Waals surface area contributed by atoms with Gasteiger partial charge in [-0.05, 0) is 6.07 Å². The number of nitrogen functional groups attached to an aromatic ring is 1. The fraction of sp³-hybridized carbons (Fsp3) is 0.375. The van der Waals surface area contributed by atoms with Crippen LogP contribution in [0.1, 0.15) is 12.0 Å². The maximum absolute atomic E-state index is 12.4. The van der Waals surface area contributed by atoms with E-state index in [9.17, 15) is 22.0 Å². The zero-order valence-electron chi connectivity index (χ0n) is 8.39. The van der Waals surface area contributed by atoms with Crippen LogP contribution in [0.5, 0.6) is 11.6 Å². The van der Waals surface area contributed by atoms with E-state index in [2.05, 4.69) is 14.5 Å². The molecule has 0 radical (unpaired) electrons. The van der Waals surface area contributed by atoms with E-state index < -0.39 is 35.8 Å². The minimum atomic E-state index is -5.01. The summed E-state index contributed by atoms with van der Waals surface area (Å²) in [5.41, 5.74) is 4.35. The minimum absolute atomic E-state index is 0.577. The lowest BCUT2D eigenvalue weighted by atomic mass is 10.2. The lowest BCUT2D eigenvalue weighted by Crippen LogP contribution is -2.19. The maximum atomic E-state index is 12.4. The highest BCUT2D eigenvalue weighted by atomic mass is 19.4. The second kappa shape index (κ2) is 4.60. The van der Waals surface area contributed by atoms with Crippen molar-refractivity contribution in [3.8, 4) is 11.6 Å². The normalized spacial score (nSPS) is 11.7. The van der Waals surface area contributed by atoms with Crippen molar-refractivity contribution in [1.29, 1.82) is 0 Å². The van der Waals surface area contributed by atoms with Crippen LogP contribution < -0.4 is 15.2 Å². The van der Waals surface area contributed by atoms with E-state index in [4.69, 9.17) is 5.73 Å². The molecule has 0 amide bonds. The van der Waals surface area contributed by atoms with E-state index in [1.165, 1.54) is 0 Å². The van der Waals surface area contributed by atoms with Gasteiger partial charge in [0.2, 0.25) is 0 Å². The van der Waals surface area contributed by atoms with E-state index in [1.807, 2.05) is 0 Å². The molecule has 0 aromatic carbocycles. The van der Waals surface area contributed by atoms with Crippen molar-refractivity contribution in [2.45, 2.75) is 12.8 Å². The third kappa shape index (κ3) is 3.33. The first-order valence-electron chi connectivity index (χ1n) is 4.13. The summed E-state index contributed by atoms with van der Waals surface area (Å²) < 4.78 is 68.5. The number of aromatic nitrogens is 1. The molecule has 0 saturated heterocycles. The molecule has 0 aliphatic rings. The Morgan fingerprint density at radius 1 is 1.35 bits per heavy atom. The van der Waals surface area contributed by atoms with Crippen LogP contribution in [-0.2, 0) is 0 Å². The predicted molar refractivity (Wildman–Crippen MR) is 46.8 cm³/mol. The number of alkyl halides is 5. The highest BCUT2D eigenvalue weighted by Gasteiger charge is 2.34. The van der Waals surface area contributed by atoms with E-state index >= 15 is 0 Å². The standard InChI is InChI=1S/C8H7F5N2O2/c1-16-4-2-3(5(9)10)6(14)15-7(4)17-8(11,12)13/h2,5H,1H3,(H2,14,15). The summed E-state index contributed by atoms with van der Waals surface area (Å²) in [5, 5.41) is 0. The van der Waals surface area contributed by atoms with Gasteiger partial charge in [-0.1, -0.05) is 0 Å². The van der Waals surface area contributed by atoms with Gasteiger partial charge in [-0.15, -0.1) is 13.2 Å². The third-order valence-electron chi connectivity index (χ3n) is 1.68. The van der Waals surface area contributed by atoms with Crippen molar-refractivity contribution in [3.63, 3.8) is 0 Å². The van der Waals surface area contributed by atoms with Crippen molar-refractivity contribution in [3.05, 3.63) is 11.6 Å². The Bertz CT molecular complexity index is 408. The molecule has 96 valence electrons. The molecule has 9 heteroatoms. The molecule has 0 atom stereocenters. The van der Waals surface area contributed by atoms with Crippen molar-refractivity contribution in [2.75, 3.05) is 12.8 Å². The van der Waals surface area contributed by atoms with Crippen LogP contribution in [0.2, 0.25) is 0 Å². The summed E-state index contributed by atoms with van der Waals surface area (Å²) >= 11 is 0. The minimum Gasteiger partial charge on any atom is -0.491 e.